The average molecular weight is 226 g/mol. The van der Waals surface area contributed by atoms with Gasteiger partial charge in [-0.2, -0.15) is 0 Å². The van der Waals surface area contributed by atoms with Gasteiger partial charge in [0.2, 0.25) is 0 Å². The van der Waals surface area contributed by atoms with E-state index in [1.54, 1.807) is 7.11 Å². The molecule has 82 valence electrons. The third kappa shape index (κ3) is 2.03. The molecule has 2 rings (SSSR count). The minimum atomic E-state index is -0.0763. The smallest absolute Gasteiger partial charge is 0.0687 e. The van der Waals surface area contributed by atoms with E-state index in [0.29, 0.717) is 6.61 Å². The van der Waals surface area contributed by atoms with Crippen molar-refractivity contribution in [2.75, 3.05) is 20.3 Å². The monoisotopic (exact) mass is 225 g/mol. The number of methoxy groups -OCH3 is 1. The van der Waals surface area contributed by atoms with Crippen LogP contribution in [0.1, 0.15) is 18.4 Å². The van der Waals surface area contributed by atoms with Gasteiger partial charge in [-0.25, -0.2) is 0 Å². The molecule has 15 heavy (non-hydrogen) atoms. The van der Waals surface area contributed by atoms with Crippen molar-refractivity contribution < 1.29 is 4.74 Å². The Hall–Kier alpha value is -0.570. The number of nitrogens with one attached hydrogen (secondary N) is 1. The van der Waals surface area contributed by atoms with E-state index in [9.17, 15) is 0 Å². The number of benzene rings is 1. The summed E-state index contributed by atoms with van der Waals surface area (Å²) in [5.41, 5.74) is 1.08. The van der Waals surface area contributed by atoms with Crippen LogP contribution in [0.4, 0.5) is 0 Å². The summed E-state index contributed by atoms with van der Waals surface area (Å²) in [5, 5.41) is 4.34. The third-order valence-corrected chi connectivity index (χ3v) is 3.35. The summed E-state index contributed by atoms with van der Waals surface area (Å²) in [7, 11) is 1.73. The molecule has 0 amide bonds. The van der Waals surface area contributed by atoms with Gasteiger partial charge in [0.05, 0.1) is 12.1 Å². The molecule has 1 fully saturated rings. The van der Waals surface area contributed by atoms with Gasteiger partial charge in [-0.3, -0.25) is 0 Å². The zero-order chi connectivity index (χ0) is 10.7. The zero-order valence-electron chi connectivity index (χ0n) is 8.92. The third-order valence-electron chi connectivity index (χ3n) is 3.02. The lowest BCUT2D eigenvalue weighted by Crippen LogP contribution is -2.41. The molecule has 0 radical (unpaired) electrons. The van der Waals surface area contributed by atoms with Gasteiger partial charge in [0.1, 0.15) is 0 Å². The molecule has 1 aromatic carbocycles. The molecule has 1 aromatic rings. The summed E-state index contributed by atoms with van der Waals surface area (Å²) in [6, 6.07) is 8.01. The largest absolute Gasteiger partial charge is 0.382 e. The van der Waals surface area contributed by atoms with E-state index in [1.165, 1.54) is 6.42 Å². The fraction of sp³-hybridized carbons (Fsp3) is 0.500. The Morgan fingerprint density at radius 2 is 2.27 bits per heavy atom. The van der Waals surface area contributed by atoms with Crippen LogP contribution in [0.3, 0.4) is 0 Å². The van der Waals surface area contributed by atoms with Crippen LogP contribution < -0.4 is 5.32 Å². The van der Waals surface area contributed by atoms with E-state index in [1.807, 2.05) is 18.2 Å². The lowest BCUT2D eigenvalue weighted by molar-refractivity contribution is 0.120. The quantitative estimate of drug-likeness (QED) is 0.854. The van der Waals surface area contributed by atoms with Crippen molar-refractivity contribution >= 4 is 11.6 Å². The Morgan fingerprint density at radius 1 is 1.47 bits per heavy atom. The SMILES string of the molecule is COCC1(c2ccccc2Cl)CCCN1. The predicted octanol–water partition coefficient (Wildman–Crippen LogP) is 2.57. The summed E-state index contributed by atoms with van der Waals surface area (Å²) in [5.74, 6) is 0. The van der Waals surface area contributed by atoms with Gasteiger partial charge < -0.3 is 10.1 Å². The van der Waals surface area contributed by atoms with Gasteiger partial charge in [0.25, 0.3) is 0 Å². The van der Waals surface area contributed by atoms with Crippen molar-refractivity contribution in [3.05, 3.63) is 34.9 Å². The van der Waals surface area contributed by atoms with Gasteiger partial charge in [-0.1, -0.05) is 29.8 Å². The highest BCUT2D eigenvalue weighted by Crippen LogP contribution is 2.35. The molecular formula is C12H16ClNO. The highest BCUT2D eigenvalue weighted by molar-refractivity contribution is 6.31. The molecule has 1 aliphatic heterocycles. The summed E-state index contributed by atoms with van der Waals surface area (Å²) < 4.78 is 5.32. The predicted molar refractivity (Wildman–Crippen MR) is 62.2 cm³/mol. The van der Waals surface area contributed by atoms with Gasteiger partial charge in [-0.15, -0.1) is 0 Å². The lowest BCUT2D eigenvalue weighted by Gasteiger charge is -2.30. The zero-order valence-corrected chi connectivity index (χ0v) is 9.68. The maximum atomic E-state index is 6.23. The van der Waals surface area contributed by atoms with Crippen molar-refractivity contribution in [3.8, 4) is 0 Å². The summed E-state index contributed by atoms with van der Waals surface area (Å²) in [4.78, 5) is 0. The highest BCUT2D eigenvalue weighted by Gasteiger charge is 2.36. The Labute approximate surface area is 95.6 Å². The van der Waals surface area contributed by atoms with Crippen LogP contribution in [0.25, 0.3) is 0 Å². The van der Waals surface area contributed by atoms with Crippen LogP contribution in [0, 0.1) is 0 Å². The number of hydrogen-bond acceptors (Lipinski definition) is 2. The standard InChI is InChI=1S/C12H16ClNO/c1-15-9-12(7-4-8-14-12)10-5-2-3-6-11(10)13/h2-3,5-6,14H,4,7-9H2,1H3. The van der Waals surface area contributed by atoms with E-state index in [-0.39, 0.29) is 5.54 Å². The maximum absolute atomic E-state index is 6.23. The molecule has 0 aromatic heterocycles. The minimum absolute atomic E-state index is 0.0763. The van der Waals surface area contributed by atoms with E-state index in [4.69, 9.17) is 16.3 Å². The van der Waals surface area contributed by atoms with E-state index < -0.39 is 0 Å². The first-order valence-corrected chi connectivity index (χ1v) is 5.65. The normalized spacial score (nSPS) is 25.7. The molecule has 2 nitrogen and oxygen atoms in total. The Balaban J connectivity index is 2.36. The number of rotatable bonds is 3. The molecule has 1 N–H and O–H groups in total. The second-order valence-corrected chi connectivity index (χ2v) is 4.43. The molecule has 1 saturated heterocycles. The van der Waals surface area contributed by atoms with Gasteiger partial charge in [0.15, 0.2) is 0 Å². The van der Waals surface area contributed by atoms with Crippen LogP contribution in [-0.2, 0) is 10.3 Å². The molecule has 1 atom stereocenters. The van der Waals surface area contributed by atoms with Crippen molar-refractivity contribution in [1.82, 2.24) is 5.32 Å². The van der Waals surface area contributed by atoms with E-state index in [0.717, 1.165) is 23.6 Å². The van der Waals surface area contributed by atoms with Crippen molar-refractivity contribution in [1.29, 1.82) is 0 Å². The fourth-order valence-corrected chi connectivity index (χ4v) is 2.65. The van der Waals surface area contributed by atoms with Crippen LogP contribution in [-0.4, -0.2) is 20.3 Å². The van der Waals surface area contributed by atoms with Gasteiger partial charge in [0, 0.05) is 12.1 Å². The second kappa shape index (κ2) is 4.52. The van der Waals surface area contributed by atoms with Crippen molar-refractivity contribution in [2.24, 2.45) is 0 Å². The number of hydrogen-bond donors (Lipinski definition) is 1. The van der Waals surface area contributed by atoms with Crippen LogP contribution >= 0.6 is 11.6 Å². The fourth-order valence-electron chi connectivity index (χ4n) is 2.33. The summed E-state index contributed by atoms with van der Waals surface area (Å²) in [6.45, 7) is 1.71. The molecule has 0 aliphatic carbocycles. The first kappa shape index (κ1) is 10.9. The Morgan fingerprint density at radius 3 is 2.87 bits per heavy atom. The molecule has 0 spiro atoms. The number of ether oxygens (including phenoxy) is 1. The average Bonchev–Trinajstić information content (AvgIpc) is 2.69. The van der Waals surface area contributed by atoms with Crippen LogP contribution in [0.15, 0.2) is 24.3 Å². The van der Waals surface area contributed by atoms with Gasteiger partial charge >= 0.3 is 0 Å². The minimum Gasteiger partial charge on any atom is -0.382 e. The van der Waals surface area contributed by atoms with Crippen molar-refractivity contribution in [2.45, 2.75) is 18.4 Å². The van der Waals surface area contributed by atoms with E-state index >= 15 is 0 Å². The molecule has 1 aliphatic rings. The first-order chi connectivity index (χ1) is 7.28. The lowest BCUT2D eigenvalue weighted by atomic mass is 9.89. The highest BCUT2D eigenvalue weighted by atomic mass is 35.5. The molecule has 1 unspecified atom stereocenters. The maximum Gasteiger partial charge on any atom is 0.0687 e. The summed E-state index contributed by atoms with van der Waals surface area (Å²) in [6.07, 6.45) is 2.26. The second-order valence-electron chi connectivity index (χ2n) is 4.03. The van der Waals surface area contributed by atoms with Crippen LogP contribution in [0.2, 0.25) is 5.02 Å². The Bertz CT molecular complexity index is 334. The molecule has 0 bridgehead atoms. The molecular weight excluding hydrogens is 210 g/mol. The summed E-state index contributed by atoms with van der Waals surface area (Å²) >= 11 is 6.23. The first-order valence-electron chi connectivity index (χ1n) is 5.27. The topological polar surface area (TPSA) is 21.3 Å². The Kier molecular flexibility index (Phi) is 3.29. The van der Waals surface area contributed by atoms with Gasteiger partial charge in [-0.05, 0) is 31.0 Å². The molecule has 3 heteroatoms. The van der Waals surface area contributed by atoms with Crippen LogP contribution in [0.5, 0.6) is 0 Å². The van der Waals surface area contributed by atoms with E-state index in [2.05, 4.69) is 11.4 Å². The van der Waals surface area contributed by atoms with Crippen molar-refractivity contribution in [3.63, 3.8) is 0 Å². The molecule has 0 saturated carbocycles. The number of halogens is 1. The molecule has 1 heterocycles.